The molecular formula is C18H26Cl2N2O2. The Morgan fingerprint density at radius 2 is 2.25 bits per heavy atom. The predicted molar refractivity (Wildman–Crippen MR) is 99.0 cm³/mol. The minimum absolute atomic E-state index is 0.0702. The van der Waals surface area contributed by atoms with E-state index in [1.54, 1.807) is 18.2 Å². The zero-order valence-electron chi connectivity index (χ0n) is 14.2. The summed E-state index contributed by atoms with van der Waals surface area (Å²) in [7, 11) is 0. The molecule has 0 spiro atoms. The molecule has 1 saturated heterocycles. The fourth-order valence-corrected chi connectivity index (χ4v) is 3.29. The van der Waals surface area contributed by atoms with Crippen LogP contribution in [-0.2, 0) is 4.79 Å². The molecule has 1 aromatic carbocycles. The van der Waals surface area contributed by atoms with Crippen molar-refractivity contribution in [2.24, 2.45) is 5.92 Å². The van der Waals surface area contributed by atoms with Crippen LogP contribution in [0.5, 0.6) is 5.75 Å². The smallest absolute Gasteiger partial charge is 0.220 e. The van der Waals surface area contributed by atoms with E-state index in [0.29, 0.717) is 41.8 Å². The summed E-state index contributed by atoms with van der Waals surface area (Å²) in [5, 5.41) is 3.87. The summed E-state index contributed by atoms with van der Waals surface area (Å²) in [6.07, 6.45) is 3.68. The molecule has 2 rings (SSSR count). The number of carbonyl (C=O) groups is 1. The molecule has 1 aliphatic heterocycles. The largest absolute Gasteiger partial charge is 0.492 e. The maximum Gasteiger partial charge on any atom is 0.220 e. The molecule has 6 heteroatoms. The van der Waals surface area contributed by atoms with E-state index in [9.17, 15) is 4.79 Å². The summed E-state index contributed by atoms with van der Waals surface area (Å²) in [6, 6.07) is 5.28. The lowest BCUT2D eigenvalue weighted by atomic mass is 10.0. The van der Waals surface area contributed by atoms with Crippen LogP contribution in [0.3, 0.4) is 0 Å². The van der Waals surface area contributed by atoms with Gasteiger partial charge in [-0.15, -0.1) is 0 Å². The Labute approximate surface area is 154 Å². The molecule has 1 N–H and O–H groups in total. The van der Waals surface area contributed by atoms with Crippen LogP contribution in [0.15, 0.2) is 18.2 Å². The van der Waals surface area contributed by atoms with E-state index < -0.39 is 0 Å². The first kappa shape index (κ1) is 19.4. The molecule has 1 unspecified atom stereocenters. The zero-order chi connectivity index (χ0) is 17.4. The SMILES string of the molecule is CC1CCCN(CCNC(=O)CCCOc2cccc(Cl)c2Cl)C1. The summed E-state index contributed by atoms with van der Waals surface area (Å²) in [4.78, 5) is 14.3. The standard InChI is InChI=1S/C18H26Cl2N2O2/c1-14-5-3-10-22(13-14)11-9-21-17(23)8-4-12-24-16-7-2-6-15(19)18(16)20/h2,6-7,14H,3-5,8-13H2,1H3,(H,21,23). The number of rotatable bonds is 8. The van der Waals surface area contributed by atoms with Gasteiger partial charge in [-0.05, 0) is 43.9 Å². The van der Waals surface area contributed by atoms with Crippen LogP contribution >= 0.6 is 23.2 Å². The van der Waals surface area contributed by atoms with Gasteiger partial charge in [-0.3, -0.25) is 4.79 Å². The van der Waals surface area contributed by atoms with Crippen LogP contribution in [-0.4, -0.2) is 43.6 Å². The maximum absolute atomic E-state index is 11.8. The van der Waals surface area contributed by atoms with Gasteiger partial charge in [0.2, 0.25) is 5.91 Å². The van der Waals surface area contributed by atoms with E-state index in [4.69, 9.17) is 27.9 Å². The molecule has 134 valence electrons. The van der Waals surface area contributed by atoms with Crippen molar-refractivity contribution < 1.29 is 9.53 Å². The topological polar surface area (TPSA) is 41.6 Å². The van der Waals surface area contributed by atoms with Crippen molar-refractivity contribution in [3.8, 4) is 5.75 Å². The number of amides is 1. The second-order valence-corrected chi connectivity index (χ2v) is 7.19. The van der Waals surface area contributed by atoms with Crippen LogP contribution in [0.25, 0.3) is 0 Å². The number of hydrogen-bond donors (Lipinski definition) is 1. The van der Waals surface area contributed by atoms with Gasteiger partial charge in [0.1, 0.15) is 10.8 Å². The number of carbonyl (C=O) groups excluding carboxylic acids is 1. The molecule has 0 bridgehead atoms. The molecule has 1 aliphatic rings. The summed E-state index contributed by atoms with van der Waals surface area (Å²) in [5.41, 5.74) is 0. The summed E-state index contributed by atoms with van der Waals surface area (Å²) in [5.74, 6) is 1.40. The van der Waals surface area contributed by atoms with Gasteiger partial charge in [-0.2, -0.15) is 0 Å². The Hall–Kier alpha value is -0.970. The van der Waals surface area contributed by atoms with E-state index in [1.807, 2.05) is 0 Å². The Morgan fingerprint density at radius 3 is 3.04 bits per heavy atom. The first-order valence-corrected chi connectivity index (χ1v) is 9.37. The van der Waals surface area contributed by atoms with Crippen LogP contribution < -0.4 is 10.1 Å². The molecule has 24 heavy (non-hydrogen) atoms. The van der Waals surface area contributed by atoms with E-state index in [2.05, 4.69) is 17.1 Å². The Morgan fingerprint density at radius 1 is 1.42 bits per heavy atom. The lowest BCUT2D eigenvalue weighted by Gasteiger charge is -2.30. The Balaban J connectivity index is 1.56. The van der Waals surface area contributed by atoms with Gasteiger partial charge in [0.15, 0.2) is 0 Å². The van der Waals surface area contributed by atoms with Gasteiger partial charge >= 0.3 is 0 Å². The number of likely N-dealkylation sites (tertiary alicyclic amines) is 1. The number of halogens is 2. The van der Waals surface area contributed by atoms with Gasteiger partial charge in [0, 0.05) is 26.1 Å². The summed E-state index contributed by atoms with van der Waals surface area (Å²) in [6.45, 7) is 6.67. The molecule has 0 radical (unpaired) electrons. The molecular weight excluding hydrogens is 347 g/mol. The molecule has 4 nitrogen and oxygen atoms in total. The normalized spacial score (nSPS) is 18.4. The average molecular weight is 373 g/mol. The van der Waals surface area contributed by atoms with Gasteiger partial charge in [-0.25, -0.2) is 0 Å². The minimum Gasteiger partial charge on any atom is -0.492 e. The third kappa shape index (κ3) is 6.50. The fourth-order valence-electron chi connectivity index (χ4n) is 2.94. The third-order valence-corrected chi connectivity index (χ3v) is 5.01. The van der Waals surface area contributed by atoms with Crippen molar-refractivity contribution in [2.75, 3.05) is 32.8 Å². The number of nitrogens with one attached hydrogen (secondary N) is 1. The van der Waals surface area contributed by atoms with E-state index >= 15 is 0 Å². The van der Waals surface area contributed by atoms with Crippen molar-refractivity contribution in [3.63, 3.8) is 0 Å². The van der Waals surface area contributed by atoms with E-state index in [-0.39, 0.29) is 5.91 Å². The van der Waals surface area contributed by atoms with Gasteiger partial charge in [0.25, 0.3) is 0 Å². The molecule has 1 amide bonds. The van der Waals surface area contributed by atoms with Crippen LogP contribution in [0, 0.1) is 5.92 Å². The molecule has 1 heterocycles. The highest BCUT2D eigenvalue weighted by molar-refractivity contribution is 6.42. The highest BCUT2D eigenvalue weighted by Crippen LogP contribution is 2.31. The quantitative estimate of drug-likeness (QED) is 0.701. The lowest BCUT2D eigenvalue weighted by Crippen LogP contribution is -2.40. The van der Waals surface area contributed by atoms with Crippen molar-refractivity contribution in [3.05, 3.63) is 28.2 Å². The highest BCUT2D eigenvalue weighted by Gasteiger charge is 2.15. The number of nitrogens with zero attached hydrogens (tertiary/aromatic N) is 1. The molecule has 1 atom stereocenters. The minimum atomic E-state index is 0.0702. The van der Waals surface area contributed by atoms with Crippen molar-refractivity contribution >= 4 is 29.1 Å². The number of ether oxygens (including phenoxy) is 1. The molecule has 0 aliphatic carbocycles. The summed E-state index contributed by atoms with van der Waals surface area (Å²) >= 11 is 12.0. The monoisotopic (exact) mass is 372 g/mol. The van der Waals surface area contributed by atoms with Gasteiger partial charge < -0.3 is 15.0 Å². The zero-order valence-corrected chi connectivity index (χ0v) is 15.7. The molecule has 1 fully saturated rings. The first-order valence-electron chi connectivity index (χ1n) is 8.62. The lowest BCUT2D eigenvalue weighted by molar-refractivity contribution is -0.121. The molecule has 1 aromatic rings. The van der Waals surface area contributed by atoms with Crippen LogP contribution in [0.4, 0.5) is 0 Å². The molecule has 0 saturated carbocycles. The van der Waals surface area contributed by atoms with Gasteiger partial charge in [0.05, 0.1) is 11.6 Å². The molecule has 0 aromatic heterocycles. The second kappa shape index (κ2) is 10.1. The van der Waals surface area contributed by atoms with E-state index in [0.717, 1.165) is 25.6 Å². The fraction of sp³-hybridized carbons (Fsp3) is 0.611. The number of piperidine rings is 1. The van der Waals surface area contributed by atoms with Gasteiger partial charge in [-0.1, -0.05) is 36.2 Å². The van der Waals surface area contributed by atoms with Crippen LogP contribution in [0.2, 0.25) is 10.0 Å². The third-order valence-electron chi connectivity index (χ3n) is 4.21. The number of benzene rings is 1. The first-order chi connectivity index (χ1) is 11.6. The number of hydrogen-bond acceptors (Lipinski definition) is 3. The average Bonchev–Trinajstić information content (AvgIpc) is 2.55. The van der Waals surface area contributed by atoms with Crippen molar-refractivity contribution in [1.82, 2.24) is 10.2 Å². The Kier molecular flexibility index (Phi) is 8.16. The van der Waals surface area contributed by atoms with Crippen molar-refractivity contribution in [1.29, 1.82) is 0 Å². The van der Waals surface area contributed by atoms with Crippen molar-refractivity contribution in [2.45, 2.75) is 32.6 Å². The van der Waals surface area contributed by atoms with Crippen LogP contribution in [0.1, 0.15) is 32.6 Å². The Bertz CT molecular complexity index is 540. The second-order valence-electron chi connectivity index (χ2n) is 6.40. The summed E-state index contributed by atoms with van der Waals surface area (Å²) < 4.78 is 5.57. The predicted octanol–water partition coefficient (Wildman–Crippen LogP) is 4.00. The maximum atomic E-state index is 11.8. The highest BCUT2D eigenvalue weighted by atomic mass is 35.5. The van der Waals surface area contributed by atoms with E-state index in [1.165, 1.54) is 12.8 Å².